The predicted octanol–water partition coefficient (Wildman–Crippen LogP) is 3.24. The summed E-state index contributed by atoms with van der Waals surface area (Å²) < 4.78 is 12.3. The second-order valence-corrected chi connectivity index (χ2v) is 9.79. The largest absolute Gasteiger partial charge is 0.489 e. The molecule has 2 saturated heterocycles. The Balaban J connectivity index is 1.27. The SMILES string of the molecule is C=C1CCC(N2Cc3cc(O[C@@H]4CCCCC[C@H]4N4CC(OCC)C4)ccc3C2=O)C(=O)N1. The maximum atomic E-state index is 13.0. The molecule has 33 heavy (non-hydrogen) atoms. The number of likely N-dealkylation sites (tertiary alicyclic amines) is 1. The smallest absolute Gasteiger partial charge is 0.255 e. The third-order valence-corrected chi connectivity index (χ3v) is 7.56. The number of hydrogen-bond donors (Lipinski definition) is 1. The number of amides is 2. The van der Waals surface area contributed by atoms with Crippen LogP contribution in [0.2, 0.25) is 0 Å². The van der Waals surface area contributed by atoms with Gasteiger partial charge in [-0.2, -0.15) is 0 Å². The Bertz CT molecular complexity index is 926. The van der Waals surface area contributed by atoms with E-state index >= 15 is 0 Å². The molecule has 4 aliphatic rings. The number of nitrogens with one attached hydrogen (secondary N) is 1. The Morgan fingerprint density at radius 1 is 1.12 bits per heavy atom. The second-order valence-electron chi connectivity index (χ2n) is 9.79. The van der Waals surface area contributed by atoms with Crippen LogP contribution in [0.4, 0.5) is 0 Å². The molecule has 1 saturated carbocycles. The number of piperidine rings is 1. The topological polar surface area (TPSA) is 71.1 Å². The van der Waals surface area contributed by atoms with Crippen LogP contribution in [-0.4, -0.2) is 65.6 Å². The van der Waals surface area contributed by atoms with E-state index in [1.54, 1.807) is 4.90 Å². The molecule has 1 aliphatic carbocycles. The van der Waals surface area contributed by atoms with E-state index in [0.717, 1.165) is 49.5 Å². The van der Waals surface area contributed by atoms with Crippen molar-refractivity contribution in [3.8, 4) is 5.75 Å². The lowest BCUT2D eigenvalue weighted by molar-refractivity contribution is -0.126. The van der Waals surface area contributed by atoms with Crippen molar-refractivity contribution in [2.24, 2.45) is 0 Å². The zero-order valence-electron chi connectivity index (χ0n) is 19.6. The van der Waals surface area contributed by atoms with E-state index < -0.39 is 6.04 Å². The molecular formula is C26H35N3O4. The molecule has 0 bridgehead atoms. The lowest BCUT2D eigenvalue weighted by atomic mass is 9.98. The van der Waals surface area contributed by atoms with E-state index in [9.17, 15) is 9.59 Å². The van der Waals surface area contributed by atoms with Gasteiger partial charge >= 0.3 is 0 Å². The Labute approximate surface area is 196 Å². The first-order valence-electron chi connectivity index (χ1n) is 12.5. The molecule has 1 aromatic rings. The number of carbonyl (C=O) groups excluding carboxylic acids is 2. The summed E-state index contributed by atoms with van der Waals surface area (Å²) in [5.41, 5.74) is 2.35. The van der Waals surface area contributed by atoms with Gasteiger partial charge in [-0.05, 0) is 62.8 Å². The first kappa shape index (κ1) is 22.4. The molecule has 1 N–H and O–H groups in total. The van der Waals surface area contributed by atoms with Crippen LogP contribution in [0, 0.1) is 0 Å². The van der Waals surface area contributed by atoms with Crippen LogP contribution >= 0.6 is 0 Å². The van der Waals surface area contributed by atoms with Crippen molar-refractivity contribution in [1.82, 2.24) is 15.1 Å². The highest BCUT2D eigenvalue weighted by Crippen LogP contribution is 2.34. The minimum Gasteiger partial charge on any atom is -0.489 e. The van der Waals surface area contributed by atoms with Crippen molar-refractivity contribution in [2.75, 3.05) is 19.7 Å². The summed E-state index contributed by atoms with van der Waals surface area (Å²) in [6, 6.07) is 5.77. The highest BCUT2D eigenvalue weighted by atomic mass is 16.5. The first-order valence-corrected chi connectivity index (χ1v) is 12.5. The summed E-state index contributed by atoms with van der Waals surface area (Å²) in [6.07, 6.45) is 7.71. The first-order chi connectivity index (χ1) is 16.0. The van der Waals surface area contributed by atoms with Gasteiger partial charge in [0.15, 0.2) is 0 Å². The van der Waals surface area contributed by atoms with Crippen LogP contribution in [-0.2, 0) is 16.1 Å². The average molecular weight is 454 g/mol. The molecule has 3 aliphatic heterocycles. The Kier molecular flexibility index (Phi) is 6.43. The van der Waals surface area contributed by atoms with Crippen molar-refractivity contribution in [3.63, 3.8) is 0 Å². The third-order valence-electron chi connectivity index (χ3n) is 7.56. The highest BCUT2D eigenvalue weighted by molar-refractivity contribution is 6.01. The van der Waals surface area contributed by atoms with Gasteiger partial charge in [0.25, 0.3) is 5.91 Å². The van der Waals surface area contributed by atoms with Crippen molar-refractivity contribution in [2.45, 2.75) is 82.7 Å². The molecule has 3 heterocycles. The normalized spacial score (nSPS) is 28.8. The fraction of sp³-hybridized carbons (Fsp3) is 0.615. The lowest BCUT2D eigenvalue weighted by Crippen LogP contribution is -2.60. The lowest BCUT2D eigenvalue weighted by Gasteiger charge is -2.46. The average Bonchev–Trinajstić information content (AvgIpc) is 2.92. The standard InChI is InChI=1S/C26H35N3O4/c1-3-32-20-15-28(16-20)22-7-5-4-6-8-24(22)33-19-10-11-21-18(13-19)14-29(26(21)31)23-12-9-17(2)27-25(23)30/h10-11,13,20,22-24H,2-9,12,14-16H2,1H3,(H,27,30)/t22-,23?,24-/m1/s1. The monoisotopic (exact) mass is 453 g/mol. The van der Waals surface area contributed by atoms with Crippen molar-refractivity contribution < 1.29 is 19.1 Å². The third kappa shape index (κ3) is 4.53. The summed E-state index contributed by atoms with van der Waals surface area (Å²) >= 11 is 0. The number of benzene rings is 1. The molecule has 7 heteroatoms. The van der Waals surface area contributed by atoms with Gasteiger partial charge in [0.2, 0.25) is 5.91 Å². The van der Waals surface area contributed by atoms with Gasteiger partial charge < -0.3 is 19.7 Å². The van der Waals surface area contributed by atoms with Gasteiger partial charge in [0.1, 0.15) is 17.9 Å². The van der Waals surface area contributed by atoms with Gasteiger partial charge in [-0.3, -0.25) is 14.5 Å². The van der Waals surface area contributed by atoms with Crippen LogP contribution in [0.1, 0.15) is 67.8 Å². The summed E-state index contributed by atoms with van der Waals surface area (Å²) in [7, 11) is 0. The van der Waals surface area contributed by atoms with E-state index in [4.69, 9.17) is 9.47 Å². The molecule has 178 valence electrons. The van der Waals surface area contributed by atoms with Crippen LogP contribution < -0.4 is 10.1 Å². The van der Waals surface area contributed by atoms with E-state index in [0.29, 0.717) is 37.1 Å². The molecule has 0 aromatic heterocycles. The summed E-state index contributed by atoms with van der Waals surface area (Å²) in [5.74, 6) is 0.618. The Morgan fingerprint density at radius 3 is 2.73 bits per heavy atom. The zero-order valence-corrected chi connectivity index (χ0v) is 19.6. The van der Waals surface area contributed by atoms with E-state index in [-0.39, 0.29) is 17.9 Å². The molecular weight excluding hydrogens is 418 g/mol. The predicted molar refractivity (Wildman–Crippen MR) is 125 cm³/mol. The zero-order chi connectivity index (χ0) is 22.9. The van der Waals surface area contributed by atoms with Gasteiger partial charge in [-0.25, -0.2) is 0 Å². The van der Waals surface area contributed by atoms with E-state index in [2.05, 4.69) is 23.7 Å². The molecule has 1 unspecified atom stereocenters. The number of ether oxygens (including phenoxy) is 2. The van der Waals surface area contributed by atoms with E-state index in [1.165, 1.54) is 19.3 Å². The molecule has 0 spiro atoms. The highest BCUT2D eigenvalue weighted by Gasteiger charge is 2.40. The fourth-order valence-corrected chi connectivity index (χ4v) is 5.77. The van der Waals surface area contributed by atoms with Gasteiger partial charge in [0, 0.05) is 43.5 Å². The van der Waals surface area contributed by atoms with Crippen LogP contribution in [0.3, 0.4) is 0 Å². The van der Waals surface area contributed by atoms with Crippen molar-refractivity contribution in [1.29, 1.82) is 0 Å². The molecule has 7 nitrogen and oxygen atoms in total. The van der Waals surface area contributed by atoms with E-state index in [1.807, 2.05) is 18.2 Å². The van der Waals surface area contributed by atoms with Gasteiger partial charge in [0.05, 0.1) is 6.10 Å². The Hall–Kier alpha value is -2.38. The summed E-state index contributed by atoms with van der Waals surface area (Å²) in [4.78, 5) is 29.7. The minimum absolute atomic E-state index is 0.0703. The Morgan fingerprint density at radius 2 is 1.94 bits per heavy atom. The molecule has 3 atom stereocenters. The molecule has 3 fully saturated rings. The fourth-order valence-electron chi connectivity index (χ4n) is 5.77. The number of carbonyl (C=O) groups is 2. The van der Waals surface area contributed by atoms with Gasteiger partial charge in [-0.15, -0.1) is 0 Å². The number of rotatable bonds is 6. The molecule has 1 aromatic carbocycles. The molecule has 5 rings (SSSR count). The second kappa shape index (κ2) is 9.47. The summed E-state index contributed by atoms with van der Waals surface area (Å²) in [5, 5.41) is 2.80. The van der Waals surface area contributed by atoms with Gasteiger partial charge in [-0.1, -0.05) is 19.4 Å². The quantitative estimate of drug-likeness (QED) is 0.670. The maximum Gasteiger partial charge on any atom is 0.255 e. The number of nitrogens with zero attached hydrogens (tertiary/aromatic N) is 2. The van der Waals surface area contributed by atoms with Crippen molar-refractivity contribution >= 4 is 11.8 Å². The number of allylic oxidation sites excluding steroid dienone is 1. The van der Waals surface area contributed by atoms with Crippen molar-refractivity contribution in [3.05, 3.63) is 41.6 Å². The number of hydrogen-bond acceptors (Lipinski definition) is 5. The van der Waals surface area contributed by atoms with Crippen LogP contribution in [0.5, 0.6) is 5.75 Å². The summed E-state index contributed by atoms with van der Waals surface area (Å²) in [6.45, 7) is 9.09. The molecule has 2 amide bonds. The maximum absolute atomic E-state index is 13.0. The van der Waals surface area contributed by atoms with Crippen LogP contribution in [0.15, 0.2) is 30.5 Å². The minimum atomic E-state index is -0.435. The van der Waals surface area contributed by atoms with Crippen LogP contribution in [0.25, 0.3) is 0 Å². The molecule has 0 radical (unpaired) electrons. The number of fused-ring (bicyclic) bond motifs is 1.